The van der Waals surface area contributed by atoms with Crippen LogP contribution in [0, 0.1) is 0 Å². The predicted molar refractivity (Wildman–Crippen MR) is 102 cm³/mol. The molecule has 0 bridgehead atoms. The number of benzene rings is 3. The summed E-state index contributed by atoms with van der Waals surface area (Å²) in [7, 11) is 0. The summed E-state index contributed by atoms with van der Waals surface area (Å²) >= 11 is 0. The second kappa shape index (κ2) is 8.47. The van der Waals surface area contributed by atoms with Gasteiger partial charge in [0.05, 0.1) is 12.1 Å². The van der Waals surface area contributed by atoms with Crippen LogP contribution in [0.4, 0.5) is 24.5 Å². The van der Waals surface area contributed by atoms with E-state index >= 15 is 0 Å². The van der Waals surface area contributed by atoms with Crippen molar-refractivity contribution in [1.29, 1.82) is 0 Å². The number of para-hydroxylation sites is 1. The fourth-order valence-corrected chi connectivity index (χ4v) is 2.40. The largest absolute Gasteiger partial charge is 0.457 e. The summed E-state index contributed by atoms with van der Waals surface area (Å²) in [6.07, 6.45) is -4.38. The lowest BCUT2D eigenvalue weighted by atomic mass is 10.2. The monoisotopic (exact) mass is 386 g/mol. The number of ether oxygens (including phenoxy) is 1. The minimum atomic E-state index is -4.38. The van der Waals surface area contributed by atoms with Crippen molar-refractivity contribution in [2.24, 2.45) is 0 Å². The van der Waals surface area contributed by atoms with Crippen molar-refractivity contribution < 1.29 is 22.7 Å². The van der Waals surface area contributed by atoms with Crippen LogP contribution in [0.3, 0.4) is 0 Å². The Morgan fingerprint density at radius 2 is 1.36 bits per heavy atom. The Kier molecular flexibility index (Phi) is 5.84. The first-order chi connectivity index (χ1) is 13.4. The van der Waals surface area contributed by atoms with Crippen molar-refractivity contribution in [2.45, 2.75) is 6.18 Å². The number of rotatable bonds is 6. The van der Waals surface area contributed by atoms with Crippen LogP contribution < -0.4 is 15.4 Å². The highest BCUT2D eigenvalue weighted by molar-refractivity contribution is 5.93. The standard InChI is InChI=1S/C21H17F3N2O2/c22-21(23,24)15-6-8-16(9-7-15)25-14-20(27)26-17-10-12-19(13-11-17)28-18-4-2-1-3-5-18/h1-13,25H,14H2,(H,26,27). The summed E-state index contributed by atoms with van der Waals surface area (Å²) in [4.78, 5) is 12.0. The molecule has 3 aromatic carbocycles. The third kappa shape index (κ3) is 5.51. The molecule has 7 heteroatoms. The number of hydrogen-bond acceptors (Lipinski definition) is 3. The van der Waals surface area contributed by atoms with Crippen molar-refractivity contribution in [3.05, 3.63) is 84.4 Å². The molecule has 0 aromatic heterocycles. The summed E-state index contributed by atoms with van der Waals surface area (Å²) < 4.78 is 43.3. The molecule has 144 valence electrons. The molecular formula is C21H17F3N2O2. The van der Waals surface area contributed by atoms with Crippen molar-refractivity contribution in [3.8, 4) is 11.5 Å². The predicted octanol–water partition coefficient (Wildman–Crippen LogP) is 5.55. The number of amides is 1. The Morgan fingerprint density at radius 3 is 1.96 bits per heavy atom. The highest BCUT2D eigenvalue weighted by Crippen LogP contribution is 2.29. The van der Waals surface area contributed by atoms with Crippen molar-refractivity contribution in [2.75, 3.05) is 17.2 Å². The molecule has 0 radical (unpaired) electrons. The van der Waals surface area contributed by atoms with Crippen molar-refractivity contribution in [1.82, 2.24) is 0 Å². The van der Waals surface area contributed by atoms with E-state index in [2.05, 4.69) is 10.6 Å². The van der Waals surface area contributed by atoms with Crippen LogP contribution in [-0.2, 0) is 11.0 Å². The lowest BCUT2D eigenvalue weighted by Crippen LogP contribution is -2.21. The Hall–Kier alpha value is -3.48. The molecule has 4 nitrogen and oxygen atoms in total. The fourth-order valence-electron chi connectivity index (χ4n) is 2.40. The summed E-state index contributed by atoms with van der Waals surface area (Å²) in [5, 5.41) is 5.49. The number of carbonyl (C=O) groups excluding carboxylic acids is 1. The Morgan fingerprint density at radius 1 is 0.786 bits per heavy atom. The molecule has 3 rings (SSSR count). The molecule has 0 fully saturated rings. The van der Waals surface area contributed by atoms with Gasteiger partial charge in [-0.25, -0.2) is 0 Å². The number of hydrogen-bond donors (Lipinski definition) is 2. The van der Waals surface area contributed by atoms with Gasteiger partial charge in [-0.2, -0.15) is 13.2 Å². The fraction of sp³-hybridized carbons (Fsp3) is 0.0952. The third-order valence-electron chi connectivity index (χ3n) is 3.78. The zero-order valence-electron chi connectivity index (χ0n) is 14.7. The van der Waals surface area contributed by atoms with Gasteiger partial charge in [-0.05, 0) is 60.7 Å². The topological polar surface area (TPSA) is 50.4 Å². The van der Waals surface area contributed by atoms with Crippen LogP contribution in [-0.4, -0.2) is 12.5 Å². The molecule has 0 aliphatic rings. The number of nitrogens with one attached hydrogen (secondary N) is 2. The Labute approximate surface area is 160 Å². The van der Waals surface area contributed by atoms with Gasteiger partial charge in [0.1, 0.15) is 11.5 Å². The molecule has 0 heterocycles. The zero-order chi connectivity index (χ0) is 20.0. The lowest BCUT2D eigenvalue weighted by Gasteiger charge is -2.10. The van der Waals surface area contributed by atoms with Gasteiger partial charge in [0, 0.05) is 11.4 Å². The molecular weight excluding hydrogens is 369 g/mol. The van der Waals surface area contributed by atoms with Crippen LogP contribution >= 0.6 is 0 Å². The maximum atomic E-state index is 12.5. The maximum Gasteiger partial charge on any atom is 0.416 e. The van der Waals surface area contributed by atoms with Gasteiger partial charge in [0.2, 0.25) is 5.91 Å². The number of alkyl halides is 3. The van der Waals surface area contributed by atoms with E-state index in [0.29, 0.717) is 22.9 Å². The van der Waals surface area contributed by atoms with Crippen molar-refractivity contribution >= 4 is 17.3 Å². The van der Waals surface area contributed by atoms with Crippen LogP contribution in [0.15, 0.2) is 78.9 Å². The van der Waals surface area contributed by atoms with E-state index in [1.165, 1.54) is 12.1 Å². The highest BCUT2D eigenvalue weighted by atomic mass is 19.4. The molecule has 0 unspecified atom stereocenters. The van der Waals surface area contributed by atoms with E-state index in [0.717, 1.165) is 12.1 Å². The molecule has 3 aromatic rings. The molecule has 2 N–H and O–H groups in total. The van der Waals surface area contributed by atoms with E-state index < -0.39 is 11.7 Å². The average molecular weight is 386 g/mol. The minimum Gasteiger partial charge on any atom is -0.457 e. The molecule has 0 aliphatic carbocycles. The minimum absolute atomic E-state index is 0.0758. The first kappa shape index (κ1) is 19.3. The van der Waals surface area contributed by atoms with Crippen LogP contribution in [0.1, 0.15) is 5.56 Å². The second-order valence-electron chi connectivity index (χ2n) is 5.92. The van der Waals surface area contributed by atoms with Gasteiger partial charge >= 0.3 is 6.18 Å². The van der Waals surface area contributed by atoms with E-state index in [1.807, 2.05) is 30.3 Å². The highest BCUT2D eigenvalue weighted by Gasteiger charge is 2.29. The first-order valence-electron chi connectivity index (χ1n) is 8.44. The molecule has 28 heavy (non-hydrogen) atoms. The van der Waals surface area contributed by atoms with Crippen LogP contribution in [0.2, 0.25) is 0 Å². The molecule has 0 spiro atoms. The summed E-state index contributed by atoms with van der Waals surface area (Å²) in [6.45, 7) is -0.0758. The maximum absolute atomic E-state index is 12.5. The zero-order valence-corrected chi connectivity index (χ0v) is 14.7. The number of carbonyl (C=O) groups is 1. The lowest BCUT2D eigenvalue weighted by molar-refractivity contribution is -0.137. The smallest absolute Gasteiger partial charge is 0.416 e. The summed E-state index contributed by atoms with van der Waals surface area (Å²) in [5.41, 5.74) is 0.273. The SMILES string of the molecule is O=C(CNc1ccc(C(F)(F)F)cc1)Nc1ccc(Oc2ccccc2)cc1. The first-order valence-corrected chi connectivity index (χ1v) is 8.44. The average Bonchev–Trinajstić information content (AvgIpc) is 2.68. The van der Waals surface area contributed by atoms with Gasteiger partial charge in [-0.3, -0.25) is 4.79 Å². The van der Waals surface area contributed by atoms with Crippen LogP contribution in [0.25, 0.3) is 0 Å². The Balaban J connectivity index is 1.49. The van der Waals surface area contributed by atoms with Gasteiger partial charge in [0.25, 0.3) is 0 Å². The molecule has 0 atom stereocenters. The molecule has 0 saturated heterocycles. The molecule has 0 saturated carbocycles. The normalized spacial score (nSPS) is 11.0. The van der Waals surface area contributed by atoms with E-state index in [4.69, 9.17) is 4.74 Å². The van der Waals surface area contributed by atoms with E-state index in [-0.39, 0.29) is 12.5 Å². The van der Waals surface area contributed by atoms with Gasteiger partial charge < -0.3 is 15.4 Å². The second-order valence-corrected chi connectivity index (χ2v) is 5.92. The molecule has 1 amide bonds. The summed E-state index contributed by atoms with van der Waals surface area (Å²) in [6, 6.07) is 20.7. The van der Waals surface area contributed by atoms with Gasteiger partial charge in [-0.1, -0.05) is 18.2 Å². The number of halogens is 3. The van der Waals surface area contributed by atoms with Crippen LogP contribution in [0.5, 0.6) is 11.5 Å². The number of anilines is 2. The Bertz CT molecular complexity index is 909. The van der Waals surface area contributed by atoms with Crippen molar-refractivity contribution in [3.63, 3.8) is 0 Å². The van der Waals surface area contributed by atoms with E-state index in [1.54, 1.807) is 24.3 Å². The third-order valence-corrected chi connectivity index (χ3v) is 3.78. The quantitative estimate of drug-likeness (QED) is 0.584. The molecule has 0 aliphatic heterocycles. The van der Waals surface area contributed by atoms with Gasteiger partial charge in [-0.15, -0.1) is 0 Å². The van der Waals surface area contributed by atoms with Gasteiger partial charge in [0.15, 0.2) is 0 Å². The van der Waals surface area contributed by atoms with E-state index in [9.17, 15) is 18.0 Å². The summed E-state index contributed by atoms with van der Waals surface area (Å²) in [5.74, 6) is 1.02.